The quantitative estimate of drug-likeness (QED) is 0.340. The summed E-state index contributed by atoms with van der Waals surface area (Å²) in [6.07, 6.45) is 4.77. The molecule has 2 N–H and O–H groups in total. The lowest BCUT2D eigenvalue weighted by molar-refractivity contribution is -0.134. The van der Waals surface area contributed by atoms with E-state index in [4.69, 9.17) is 14.9 Å². The minimum atomic E-state index is -1.26. The first kappa shape index (κ1) is 28.3. The summed E-state index contributed by atoms with van der Waals surface area (Å²) < 4.78 is 5.30. The second kappa shape index (κ2) is 13.9. The molecule has 0 spiro atoms. The average molecular weight is 547 g/mol. The van der Waals surface area contributed by atoms with Crippen molar-refractivity contribution in [3.63, 3.8) is 0 Å². The van der Waals surface area contributed by atoms with E-state index in [-0.39, 0.29) is 0 Å². The Morgan fingerprint density at radius 3 is 2.31 bits per heavy atom. The van der Waals surface area contributed by atoms with E-state index in [9.17, 15) is 9.59 Å². The maximum absolute atomic E-state index is 9.55. The predicted molar refractivity (Wildman–Crippen MR) is 155 cm³/mol. The Balaban J connectivity index is 0.000000386. The molecule has 1 atom stereocenters. The number of nitrogens with zero attached hydrogens (tertiary/aromatic N) is 2. The van der Waals surface area contributed by atoms with Crippen molar-refractivity contribution < 1.29 is 24.5 Å². The summed E-state index contributed by atoms with van der Waals surface area (Å²) in [7, 11) is 1.72. The van der Waals surface area contributed by atoms with Gasteiger partial charge in [-0.05, 0) is 67.3 Å². The van der Waals surface area contributed by atoms with Crippen molar-refractivity contribution >= 4 is 35.1 Å². The van der Waals surface area contributed by atoms with Crippen molar-refractivity contribution in [3.8, 4) is 5.75 Å². The molecule has 7 nitrogen and oxygen atoms in total. The van der Waals surface area contributed by atoms with E-state index < -0.39 is 11.9 Å². The number of hydrogen-bond donors (Lipinski definition) is 2. The molecule has 0 unspecified atom stereocenters. The largest absolute Gasteiger partial charge is 0.497 e. The number of methoxy groups -OCH3 is 1. The number of carbonyl (C=O) groups is 2. The monoisotopic (exact) mass is 546 g/mol. The molecule has 0 aromatic heterocycles. The zero-order valence-corrected chi connectivity index (χ0v) is 22.8. The molecule has 0 aliphatic carbocycles. The van der Waals surface area contributed by atoms with Crippen LogP contribution in [0.15, 0.2) is 89.8 Å². The van der Waals surface area contributed by atoms with Gasteiger partial charge < -0.3 is 19.8 Å². The van der Waals surface area contributed by atoms with Crippen LogP contribution in [0.5, 0.6) is 5.75 Å². The molecule has 2 aliphatic heterocycles. The van der Waals surface area contributed by atoms with E-state index in [1.165, 1.54) is 46.8 Å². The fraction of sp³-hybridized carbons (Fsp3) is 0.290. The van der Waals surface area contributed by atoms with Crippen LogP contribution in [0, 0.1) is 0 Å². The molecule has 3 aromatic carbocycles. The van der Waals surface area contributed by atoms with Gasteiger partial charge in [-0.15, -0.1) is 11.8 Å². The maximum Gasteiger partial charge on any atom is 0.328 e. The summed E-state index contributed by atoms with van der Waals surface area (Å²) in [5.41, 5.74) is 5.56. The normalized spacial score (nSPS) is 16.5. The SMILES string of the molecule is COc1ccc(CCN2CCC[C@H]2CN2c3ccccc3CSc3ccccc32)cc1.O=C(O)/C=C\C(=O)O. The lowest BCUT2D eigenvalue weighted by atomic mass is 10.1. The van der Waals surface area contributed by atoms with Gasteiger partial charge in [0.25, 0.3) is 0 Å². The maximum atomic E-state index is 9.55. The number of hydrogen-bond acceptors (Lipinski definition) is 6. The van der Waals surface area contributed by atoms with Crippen molar-refractivity contribution in [3.05, 3.63) is 96.1 Å². The van der Waals surface area contributed by atoms with Crippen LogP contribution in [0.25, 0.3) is 0 Å². The molecule has 5 rings (SSSR count). The Kier molecular flexibility index (Phi) is 10.1. The molecule has 0 radical (unpaired) electrons. The molecule has 2 heterocycles. The molecule has 8 heteroatoms. The third-order valence-electron chi connectivity index (χ3n) is 6.93. The number of aliphatic carboxylic acids is 2. The Labute approximate surface area is 233 Å². The summed E-state index contributed by atoms with van der Waals surface area (Å²) in [4.78, 5) is 25.8. The third-order valence-corrected chi connectivity index (χ3v) is 8.04. The van der Waals surface area contributed by atoms with Gasteiger partial charge in [-0.25, -0.2) is 9.59 Å². The first-order valence-electron chi connectivity index (χ1n) is 13.0. The summed E-state index contributed by atoms with van der Waals surface area (Å²) in [6.45, 7) is 3.37. The van der Waals surface area contributed by atoms with Crippen LogP contribution in [0.2, 0.25) is 0 Å². The van der Waals surface area contributed by atoms with Gasteiger partial charge in [0.1, 0.15) is 5.75 Å². The number of carboxylic acids is 2. The molecule has 1 fully saturated rings. The molecule has 0 bridgehead atoms. The van der Waals surface area contributed by atoms with Crippen LogP contribution in [0.3, 0.4) is 0 Å². The minimum Gasteiger partial charge on any atom is -0.497 e. The van der Waals surface area contributed by atoms with Crippen molar-refractivity contribution in [2.45, 2.75) is 36.0 Å². The van der Waals surface area contributed by atoms with Gasteiger partial charge in [-0.2, -0.15) is 0 Å². The lowest BCUT2D eigenvalue weighted by Gasteiger charge is -2.33. The number of rotatable bonds is 8. The highest BCUT2D eigenvalue weighted by atomic mass is 32.2. The summed E-state index contributed by atoms with van der Waals surface area (Å²) in [5, 5.41) is 15.6. The van der Waals surface area contributed by atoms with Gasteiger partial charge in [-0.1, -0.05) is 42.5 Å². The van der Waals surface area contributed by atoms with Crippen molar-refractivity contribution in [1.82, 2.24) is 4.90 Å². The number of ether oxygens (including phenoxy) is 1. The number of anilines is 2. The smallest absolute Gasteiger partial charge is 0.328 e. The highest BCUT2D eigenvalue weighted by Crippen LogP contribution is 2.43. The lowest BCUT2D eigenvalue weighted by Crippen LogP contribution is -2.39. The van der Waals surface area contributed by atoms with Gasteiger partial charge in [0, 0.05) is 47.6 Å². The van der Waals surface area contributed by atoms with Crippen LogP contribution in [0.4, 0.5) is 11.4 Å². The standard InChI is InChI=1S/C27H30N2OS.C4H4O4/c1-30-24-14-12-21(13-15-24)16-18-28-17-6-8-23(28)19-29-25-9-3-2-7-22(25)20-31-27-11-5-4-10-26(27)29;5-3(6)1-2-4(7)8/h2-5,7,9-15,23H,6,8,16-20H2,1H3;1-2H,(H,5,6)(H,7,8)/b;2-1-/t23-;/m0./s1. The zero-order chi connectivity index (χ0) is 27.6. The van der Waals surface area contributed by atoms with E-state index in [1.807, 2.05) is 11.8 Å². The molecule has 3 aromatic rings. The summed E-state index contributed by atoms with van der Waals surface area (Å²) in [5.74, 6) is -0.547. The topological polar surface area (TPSA) is 90.3 Å². The molecule has 0 saturated carbocycles. The van der Waals surface area contributed by atoms with Crippen molar-refractivity contribution in [2.75, 3.05) is 31.6 Å². The second-order valence-electron chi connectivity index (χ2n) is 9.44. The molecular formula is C31H34N2O5S. The van der Waals surface area contributed by atoms with E-state index in [0.717, 1.165) is 31.0 Å². The fourth-order valence-corrected chi connectivity index (χ4v) is 6.05. The van der Waals surface area contributed by atoms with Gasteiger partial charge in [0.2, 0.25) is 0 Å². The van der Waals surface area contributed by atoms with Crippen LogP contribution >= 0.6 is 11.8 Å². The molecule has 2 aliphatic rings. The molecule has 1 saturated heterocycles. The third kappa shape index (κ3) is 7.88. The molecule has 39 heavy (non-hydrogen) atoms. The Morgan fingerprint density at radius 1 is 0.949 bits per heavy atom. The first-order valence-corrected chi connectivity index (χ1v) is 14.0. The number of likely N-dealkylation sites (tertiary alicyclic amines) is 1. The van der Waals surface area contributed by atoms with Crippen molar-refractivity contribution in [2.24, 2.45) is 0 Å². The summed E-state index contributed by atoms with van der Waals surface area (Å²) in [6, 6.07) is 27.0. The first-order chi connectivity index (χ1) is 18.9. The highest BCUT2D eigenvalue weighted by Gasteiger charge is 2.29. The van der Waals surface area contributed by atoms with Crippen LogP contribution < -0.4 is 9.64 Å². The molecule has 0 amide bonds. The second-order valence-corrected chi connectivity index (χ2v) is 10.5. The van der Waals surface area contributed by atoms with Gasteiger partial charge in [0.15, 0.2) is 0 Å². The Bertz CT molecular complexity index is 1230. The number of para-hydroxylation sites is 2. The van der Waals surface area contributed by atoms with Crippen LogP contribution in [0.1, 0.15) is 24.0 Å². The molecule has 204 valence electrons. The number of fused-ring (bicyclic) bond motifs is 2. The Morgan fingerprint density at radius 2 is 1.62 bits per heavy atom. The Hall–Kier alpha value is -3.75. The van der Waals surface area contributed by atoms with E-state index >= 15 is 0 Å². The van der Waals surface area contributed by atoms with Crippen molar-refractivity contribution in [1.29, 1.82) is 0 Å². The van der Waals surface area contributed by atoms with Gasteiger partial charge in [-0.3, -0.25) is 4.90 Å². The van der Waals surface area contributed by atoms with Crippen LogP contribution in [-0.4, -0.2) is 59.8 Å². The average Bonchev–Trinajstić information content (AvgIpc) is 3.34. The fourth-order valence-electron chi connectivity index (χ4n) is 4.99. The number of carboxylic acid groups (broad SMARTS) is 2. The minimum absolute atomic E-state index is 0.558. The van der Waals surface area contributed by atoms with Gasteiger partial charge >= 0.3 is 11.9 Å². The highest BCUT2D eigenvalue weighted by molar-refractivity contribution is 7.98. The van der Waals surface area contributed by atoms with E-state index in [2.05, 4.69) is 82.6 Å². The molecular weight excluding hydrogens is 512 g/mol. The summed E-state index contributed by atoms with van der Waals surface area (Å²) >= 11 is 1.96. The predicted octanol–water partition coefficient (Wildman–Crippen LogP) is 5.86. The zero-order valence-electron chi connectivity index (χ0n) is 22.0. The van der Waals surface area contributed by atoms with Crippen LogP contribution in [-0.2, 0) is 21.8 Å². The van der Waals surface area contributed by atoms with Gasteiger partial charge in [0.05, 0.1) is 12.8 Å². The number of thioether (sulfide) groups is 1. The number of benzene rings is 3. The van der Waals surface area contributed by atoms with E-state index in [1.54, 1.807) is 7.11 Å². The van der Waals surface area contributed by atoms with E-state index in [0.29, 0.717) is 18.2 Å².